The van der Waals surface area contributed by atoms with Gasteiger partial charge in [-0.15, -0.1) is 0 Å². The highest BCUT2D eigenvalue weighted by atomic mass is 19.4. The Hall–Kier alpha value is -4.06. The van der Waals surface area contributed by atoms with Crippen molar-refractivity contribution in [1.82, 2.24) is 24.8 Å². The number of hydrogen-bond acceptors (Lipinski definition) is 8. The van der Waals surface area contributed by atoms with Crippen LogP contribution in [0.2, 0.25) is 0 Å². The molecule has 2 aromatic heterocycles. The number of rotatable bonds is 10. The minimum absolute atomic E-state index is 0.0335. The first-order valence-corrected chi connectivity index (χ1v) is 14.4. The minimum Gasteiger partial charge on any atom is -0.462 e. The second kappa shape index (κ2) is 12.9. The largest absolute Gasteiger partial charge is 0.462 e. The van der Waals surface area contributed by atoms with Gasteiger partial charge in [0.2, 0.25) is 6.54 Å². The number of likely N-dealkylation sites (N-methyl/N-ethyl adjacent to an activating group) is 1. The normalized spacial score (nSPS) is 18.7. The van der Waals surface area contributed by atoms with Gasteiger partial charge in [-0.2, -0.15) is 23.1 Å². The molecule has 1 aliphatic carbocycles. The molecule has 2 aliphatic heterocycles. The molecule has 0 unspecified atom stereocenters. The number of carbonyl (C=O) groups is 1. The number of hydrogen-bond donors (Lipinski definition) is 0. The zero-order valence-electron chi connectivity index (χ0n) is 24.3. The molecule has 5 rings (SSSR count). The number of carbonyl (C=O) groups excluding carboxylic acids is 1. The van der Waals surface area contributed by atoms with Gasteiger partial charge in [0.1, 0.15) is 24.0 Å². The summed E-state index contributed by atoms with van der Waals surface area (Å²) in [4.78, 5) is 35.4. The third kappa shape index (κ3) is 7.01. The molecule has 1 saturated carbocycles. The summed E-state index contributed by atoms with van der Waals surface area (Å²) in [5.74, 6) is -2.27. The average molecular weight is 621 g/mol. The van der Waals surface area contributed by atoms with Crippen LogP contribution in [0.15, 0.2) is 24.8 Å². The molecule has 10 nitrogen and oxygen atoms in total. The van der Waals surface area contributed by atoms with E-state index in [1.54, 1.807) is 0 Å². The summed E-state index contributed by atoms with van der Waals surface area (Å²) < 4.78 is 75.5. The molecule has 0 bridgehead atoms. The van der Waals surface area contributed by atoms with Crippen molar-refractivity contribution >= 4 is 17.4 Å². The predicted octanol–water partition coefficient (Wildman–Crippen LogP) is 3.73. The molecule has 1 saturated heterocycles. The molecular weight excluding hydrogens is 587 g/mol. The molecule has 15 heteroatoms. The van der Waals surface area contributed by atoms with E-state index in [2.05, 4.69) is 31.3 Å². The molecule has 44 heavy (non-hydrogen) atoms. The molecule has 0 aromatic carbocycles. The van der Waals surface area contributed by atoms with Crippen molar-refractivity contribution in [3.05, 3.63) is 58.9 Å². The van der Waals surface area contributed by atoms with E-state index in [1.807, 2.05) is 11.9 Å². The van der Waals surface area contributed by atoms with Gasteiger partial charge in [-0.05, 0) is 32.2 Å². The summed E-state index contributed by atoms with van der Waals surface area (Å²) in [6.45, 7) is 12.8. The fourth-order valence-electron chi connectivity index (χ4n) is 5.72. The van der Waals surface area contributed by atoms with E-state index in [9.17, 15) is 26.7 Å². The van der Waals surface area contributed by atoms with Crippen molar-refractivity contribution in [3.8, 4) is 6.01 Å². The number of amides is 1. The lowest BCUT2D eigenvalue weighted by atomic mass is 10.0. The van der Waals surface area contributed by atoms with Crippen LogP contribution in [-0.2, 0) is 23.9 Å². The van der Waals surface area contributed by atoms with Crippen LogP contribution in [-0.4, -0.2) is 96.2 Å². The van der Waals surface area contributed by atoms with Crippen molar-refractivity contribution < 1.29 is 31.5 Å². The Morgan fingerprint density at radius 1 is 1.20 bits per heavy atom. The quantitative estimate of drug-likeness (QED) is 0.226. The minimum atomic E-state index is -4.93. The van der Waals surface area contributed by atoms with E-state index < -0.39 is 35.3 Å². The van der Waals surface area contributed by atoms with Gasteiger partial charge in [-0.1, -0.05) is 6.58 Å². The van der Waals surface area contributed by atoms with Gasteiger partial charge in [0, 0.05) is 44.8 Å². The summed E-state index contributed by atoms with van der Waals surface area (Å²) in [7, 11) is 1.99. The zero-order valence-corrected chi connectivity index (χ0v) is 24.3. The number of alkyl halides is 3. The third-order valence-electron chi connectivity index (χ3n) is 8.07. The molecule has 4 heterocycles. The van der Waals surface area contributed by atoms with Crippen LogP contribution < -0.4 is 14.5 Å². The van der Waals surface area contributed by atoms with Crippen molar-refractivity contribution in [3.63, 3.8) is 0 Å². The zero-order chi connectivity index (χ0) is 31.6. The van der Waals surface area contributed by atoms with Gasteiger partial charge >= 0.3 is 12.2 Å². The maximum absolute atomic E-state index is 14.4. The summed E-state index contributed by atoms with van der Waals surface area (Å²) in [5.41, 5.74) is -0.688. The van der Waals surface area contributed by atoms with Crippen LogP contribution >= 0.6 is 0 Å². The van der Waals surface area contributed by atoms with Gasteiger partial charge in [0.25, 0.3) is 5.91 Å². The molecule has 1 amide bonds. The predicted molar refractivity (Wildman–Crippen MR) is 151 cm³/mol. The monoisotopic (exact) mass is 620 g/mol. The molecular formula is C29H33F5N8O2. The number of nitrogens with zero attached hydrogens (tertiary/aromatic N) is 8. The standard InChI is InChI=1S/C29H33F5N8O2/c1-18(30)27(43)42-9-8-41(16-20(42)12-35-2)26-21-6-7-40(24-14-36-13-22(31)25(24)29(32,33)34)17-23(21)37-28(38-26)44-11-10-39(3)15-19-4-5-19/h13-14,19-20H,1,4-12,15-17H2,3H3/t20-/m0/s1. The number of pyridine rings is 1. The Labute approximate surface area is 251 Å². The van der Waals surface area contributed by atoms with Gasteiger partial charge in [0.15, 0.2) is 11.6 Å². The fourth-order valence-corrected chi connectivity index (χ4v) is 5.72. The number of halogens is 5. The summed E-state index contributed by atoms with van der Waals surface area (Å²) in [6.07, 6.45) is -0.739. The van der Waals surface area contributed by atoms with E-state index in [4.69, 9.17) is 11.3 Å². The molecule has 2 fully saturated rings. The second-order valence-electron chi connectivity index (χ2n) is 11.3. The maximum Gasteiger partial charge on any atom is 0.421 e. The van der Waals surface area contributed by atoms with Crippen molar-refractivity contribution in [2.75, 3.05) is 69.3 Å². The SMILES string of the molecule is [C-]#[N+]C[C@H]1CN(c2nc(OCCN(C)CC3CC3)nc3c2CCN(c2cncc(F)c2C(F)(F)F)C3)CCN1C(=O)C(=C)F. The van der Waals surface area contributed by atoms with Crippen molar-refractivity contribution in [1.29, 1.82) is 0 Å². The number of ether oxygens (including phenoxy) is 1. The molecule has 1 atom stereocenters. The Morgan fingerprint density at radius 2 is 1.98 bits per heavy atom. The molecule has 0 spiro atoms. The summed E-state index contributed by atoms with van der Waals surface area (Å²) in [5, 5.41) is 0. The first-order valence-electron chi connectivity index (χ1n) is 14.4. The van der Waals surface area contributed by atoms with Crippen LogP contribution in [0.25, 0.3) is 4.85 Å². The van der Waals surface area contributed by atoms with Crippen LogP contribution in [0.5, 0.6) is 6.01 Å². The number of piperazine rings is 1. The Morgan fingerprint density at radius 3 is 2.66 bits per heavy atom. The van der Waals surface area contributed by atoms with Gasteiger partial charge in [0.05, 0.1) is 30.3 Å². The lowest BCUT2D eigenvalue weighted by Crippen LogP contribution is -2.57. The molecule has 0 N–H and O–H groups in total. The molecule has 0 radical (unpaired) electrons. The average Bonchev–Trinajstić information content (AvgIpc) is 3.79. The fraction of sp³-hybridized carbons (Fsp3) is 0.552. The lowest BCUT2D eigenvalue weighted by molar-refractivity contribution is -0.139. The van der Waals surface area contributed by atoms with E-state index in [1.165, 1.54) is 22.6 Å². The topological polar surface area (TPSA) is 82.3 Å². The Bertz CT molecular complexity index is 1440. The second-order valence-corrected chi connectivity index (χ2v) is 11.3. The lowest BCUT2D eigenvalue weighted by Gasteiger charge is -2.41. The highest BCUT2D eigenvalue weighted by molar-refractivity contribution is 5.91. The first kappa shape index (κ1) is 31.4. The van der Waals surface area contributed by atoms with E-state index in [0.29, 0.717) is 35.7 Å². The number of anilines is 2. The van der Waals surface area contributed by atoms with Crippen LogP contribution in [0.3, 0.4) is 0 Å². The molecule has 3 aliphatic rings. The first-order chi connectivity index (χ1) is 21.0. The van der Waals surface area contributed by atoms with E-state index in [0.717, 1.165) is 12.7 Å². The molecule has 2 aromatic rings. The van der Waals surface area contributed by atoms with Crippen molar-refractivity contribution in [2.24, 2.45) is 5.92 Å². The van der Waals surface area contributed by atoms with Gasteiger partial charge < -0.3 is 29.2 Å². The Kier molecular flexibility index (Phi) is 9.19. The smallest absolute Gasteiger partial charge is 0.421 e. The van der Waals surface area contributed by atoms with E-state index >= 15 is 0 Å². The highest BCUT2D eigenvalue weighted by Gasteiger charge is 2.40. The van der Waals surface area contributed by atoms with Crippen LogP contribution in [0, 0.1) is 18.3 Å². The van der Waals surface area contributed by atoms with Crippen LogP contribution in [0.4, 0.5) is 33.5 Å². The van der Waals surface area contributed by atoms with Crippen LogP contribution in [0.1, 0.15) is 29.7 Å². The third-order valence-corrected chi connectivity index (χ3v) is 8.07. The maximum atomic E-state index is 14.4. The van der Waals surface area contributed by atoms with Gasteiger partial charge in [-0.3, -0.25) is 9.78 Å². The summed E-state index contributed by atoms with van der Waals surface area (Å²) in [6, 6.07) is -0.605. The highest BCUT2D eigenvalue weighted by Crippen LogP contribution is 2.40. The number of fused-ring (bicyclic) bond motifs is 1. The molecule has 236 valence electrons. The summed E-state index contributed by atoms with van der Waals surface area (Å²) >= 11 is 0. The Balaban J connectivity index is 1.44. The van der Waals surface area contributed by atoms with Gasteiger partial charge in [-0.25, -0.2) is 15.4 Å². The van der Waals surface area contributed by atoms with E-state index in [-0.39, 0.29) is 64.0 Å². The number of aromatic nitrogens is 3. The van der Waals surface area contributed by atoms with Crippen molar-refractivity contribution in [2.45, 2.75) is 38.0 Å².